The fraction of sp³-hybridized carbons (Fsp3) is 0.554. The maximum Gasteiger partial charge on any atom is 0.332 e. The van der Waals surface area contributed by atoms with Crippen LogP contribution >= 0.6 is 38.5 Å². The van der Waals surface area contributed by atoms with Crippen molar-refractivity contribution in [2.45, 2.75) is 197 Å². The summed E-state index contributed by atoms with van der Waals surface area (Å²) < 4.78 is 30.5. The number of rotatable bonds is 25. The summed E-state index contributed by atoms with van der Waals surface area (Å²) in [6.07, 6.45) is 23.7. The van der Waals surface area contributed by atoms with Crippen LogP contribution in [-0.4, -0.2) is 97.5 Å². The summed E-state index contributed by atoms with van der Waals surface area (Å²) in [5.41, 5.74) is 3.36. The molecule has 0 atom stereocenters. The Hall–Kier alpha value is -8.36. The predicted octanol–water partition coefficient (Wildman–Crippen LogP) is 8.51. The minimum absolute atomic E-state index is 0.257. The normalized spacial score (nSPS) is 11.4. The van der Waals surface area contributed by atoms with Crippen molar-refractivity contribution in [3.05, 3.63) is 160 Å². The summed E-state index contributed by atoms with van der Waals surface area (Å²) in [4.78, 5) is 117. The Balaban J connectivity index is 0.000000193. The van der Waals surface area contributed by atoms with Crippen molar-refractivity contribution in [2.75, 3.05) is 9.76 Å². The number of aryl methyl sites for hydroxylation is 12. The van der Waals surface area contributed by atoms with Gasteiger partial charge in [0.05, 0.1) is 41.6 Å². The Kier molecular flexibility index (Phi) is 30.7. The fourth-order valence-corrected chi connectivity index (χ4v) is 11.4. The average molecular weight is 1510 g/mol. The number of nitrogens with one attached hydrogen (secondary N) is 2. The van der Waals surface area contributed by atoms with E-state index in [-0.39, 0.29) is 33.6 Å². The molecule has 1 aliphatic rings. The summed E-state index contributed by atoms with van der Waals surface area (Å²) in [7, 11) is 6.50. The van der Waals surface area contributed by atoms with Crippen molar-refractivity contribution in [1.82, 2.24) is 81.5 Å². The van der Waals surface area contributed by atoms with Crippen molar-refractivity contribution < 1.29 is 13.6 Å². The van der Waals surface area contributed by atoms with Gasteiger partial charge in [0.15, 0.2) is 33.5 Å². The number of aromatic nitrogens is 17. The minimum Gasteiger partial charge on any atom is -0.361 e. The van der Waals surface area contributed by atoms with Gasteiger partial charge in [0.2, 0.25) is 0 Å². The Labute approximate surface area is 575 Å². The molecule has 0 aliphatic carbocycles. The molecular weight excluding hydrogens is 1420 g/mol. The summed E-state index contributed by atoms with van der Waals surface area (Å²) in [5.74, 6) is 3.14. The number of H-pyrrole nitrogens is 2. The van der Waals surface area contributed by atoms with Crippen LogP contribution in [0.2, 0.25) is 0 Å². The van der Waals surface area contributed by atoms with E-state index in [1.807, 2.05) is 48.1 Å². The average Bonchev–Trinajstić information content (AvgIpc) is 1.55. The first-order valence-corrected chi connectivity index (χ1v) is 35.5. The third-order valence-corrected chi connectivity index (χ3v) is 17.0. The highest BCUT2D eigenvalue weighted by molar-refractivity contribution is 14.1. The highest BCUT2D eigenvalue weighted by atomic mass is 127. The van der Waals surface area contributed by atoms with Gasteiger partial charge < -0.3 is 27.3 Å². The molecule has 1 aliphatic heterocycles. The van der Waals surface area contributed by atoms with Gasteiger partial charge in [-0.15, -0.1) is 0 Å². The highest BCUT2D eigenvalue weighted by Gasteiger charge is 2.19. The lowest BCUT2D eigenvalue weighted by Gasteiger charge is -2.09. The smallest absolute Gasteiger partial charge is 0.332 e. The Morgan fingerprint density at radius 2 is 0.865 bits per heavy atom. The lowest BCUT2D eigenvalue weighted by atomic mass is 10.2. The van der Waals surface area contributed by atoms with Crippen molar-refractivity contribution >= 4 is 84.0 Å². The van der Waals surface area contributed by atoms with Crippen LogP contribution in [-0.2, 0) is 86.6 Å². The maximum absolute atomic E-state index is 12.9. The molecule has 10 aromatic rings. The van der Waals surface area contributed by atoms with Gasteiger partial charge in [-0.3, -0.25) is 56.5 Å². The molecule has 0 saturated carbocycles. The van der Waals surface area contributed by atoms with E-state index < -0.39 is 11.4 Å². The molecule has 0 aromatic carbocycles. The highest BCUT2D eigenvalue weighted by Crippen LogP contribution is 2.17. The van der Waals surface area contributed by atoms with Crippen molar-refractivity contribution in [3.63, 3.8) is 0 Å². The molecule has 0 bridgehead atoms. The number of aliphatic imine (C=N–C) groups is 1. The van der Waals surface area contributed by atoms with Gasteiger partial charge in [0, 0.05) is 116 Å². The van der Waals surface area contributed by atoms with Crippen LogP contribution in [0, 0.1) is 20.8 Å². The third kappa shape index (κ3) is 20.6. The topological polar surface area (TPSA) is 342 Å². The van der Waals surface area contributed by atoms with E-state index in [0.29, 0.717) is 77.2 Å². The van der Waals surface area contributed by atoms with Crippen molar-refractivity contribution in [3.8, 4) is 0 Å². The number of unbranched alkanes of at least 4 members (excludes halogenated alkanes) is 7. The Morgan fingerprint density at radius 1 is 0.479 bits per heavy atom. The standard InChI is InChI=1S/2C18H25N5O3.C10H14N4O2.C8H12BrNO.C7H7N3O2.C4H9I/c2*1-4-5-9-22-12-19-16-15(22)17(24)23(18(25)21(16)3)10-7-6-8-14-11-13(2)20-26-14;1-3-4-5-14-6-11-8-7(14)9(15)12-10(16)13(8)2;1-7-6-8(11-10-7)4-2-3-5-9;1-10-5-4(2-3-8-5)6(11)9-7(10)12;1-2-3-4-5/h2*11-12H,4-10H2,1-3H3;6H,3-5H2,1-2H3,(H,12,15,16);6H,2-5H2,1H3;3H,2H2,1H3,(H,9,11,12);2-4H2,1H3. The zero-order valence-corrected chi connectivity index (χ0v) is 60.9. The first-order valence-electron chi connectivity index (χ1n) is 32.8. The lowest BCUT2D eigenvalue weighted by Crippen LogP contribution is -2.39. The van der Waals surface area contributed by atoms with Gasteiger partial charge >= 0.3 is 22.8 Å². The number of nitrogens with zero attached hydrogens (tertiary/aromatic N) is 16. The summed E-state index contributed by atoms with van der Waals surface area (Å²) in [6.45, 7) is 17.2. The fourth-order valence-electron chi connectivity index (χ4n) is 10.2. The number of alkyl halides is 2. The zero-order valence-electron chi connectivity index (χ0n) is 57.1. The minimum atomic E-state index is -0.432. The summed E-state index contributed by atoms with van der Waals surface area (Å²) >= 11 is 5.77. The first kappa shape index (κ1) is 76.7. The molecular formula is C65H92BrIN18O11. The van der Waals surface area contributed by atoms with E-state index in [1.54, 1.807) is 58.0 Å². The summed E-state index contributed by atoms with van der Waals surface area (Å²) in [6, 6.07) is 5.81. The largest absolute Gasteiger partial charge is 0.361 e. The third-order valence-electron chi connectivity index (χ3n) is 15.7. The maximum atomic E-state index is 12.9. The van der Waals surface area contributed by atoms with E-state index in [2.05, 4.69) is 112 Å². The molecule has 0 saturated heterocycles. The van der Waals surface area contributed by atoms with Gasteiger partial charge in [-0.05, 0) is 89.4 Å². The quantitative estimate of drug-likeness (QED) is 0.0307. The van der Waals surface area contributed by atoms with Crippen LogP contribution in [0.15, 0.2) is 94.1 Å². The molecule has 10 aromatic heterocycles. The molecule has 0 fully saturated rings. The number of imidazole rings is 3. The number of hydrogen-bond acceptors (Lipinski definition) is 18. The lowest BCUT2D eigenvalue weighted by molar-refractivity contribution is 0.374. The number of aromatic amines is 2. The van der Waals surface area contributed by atoms with Crippen LogP contribution in [0.5, 0.6) is 0 Å². The molecule has 0 amide bonds. The van der Waals surface area contributed by atoms with Crippen molar-refractivity contribution in [2.24, 2.45) is 33.2 Å². The van der Waals surface area contributed by atoms with Gasteiger partial charge in [-0.1, -0.05) is 107 Å². The molecule has 29 nitrogen and oxygen atoms in total. The van der Waals surface area contributed by atoms with Crippen molar-refractivity contribution in [1.29, 1.82) is 0 Å². The second-order valence-corrected chi connectivity index (χ2v) is 25.2. The van der Waals surface area contributed by atoms with Crippen LogP contribution in [0.25, 0.3) is 33.5 Å². The molecule has 0 radical (unpaired) electrons. The van der Waals surface area contributed by atoms with E-state index in [1.165, 1.54) is 57.5 Å². The molecule has 0 spiro atoms. The molecule has 522 valence electrons. The molecule has 0 unspecified atom stereocenters. The molecule has 11 rings (SSSR count). The number of hydrogen-bond donors (Lipinski definition) is 2. The van der Waals surface area contributed by atoms with E-state index in [0.717, 1.165) is 130 Å². The molecule has 96 heavy (non-hydrogen) atoms. The van der Waals surface area contributed by atoms with Crippen LogP contribution in [0.3, 0.4) is 0 Å². The van der Waals surface area contributed by atoms with Crippen LogP contribution < -0.4 is 45.0 Å². The molecule has 31 heteroatoms. The number of halogens is 2. The SMILES string of the molecule is CCCCI.CCCCn1cnc2c1c(=O)[nH]c(=O)n2C.CCCCn1cnc2c1c(=O)n(CCCCc1cc(C)no1)c(=O)n2C.CCCCn1cnc2c1c(=O)n(CCCCc1cc(C)no1)c(=O)n2C.Cc1cc(CCCCBr)on1.Cn1c2c(c(=O)[nH]c1=O)CC=N2. The van der Waals surface area contributed by atoms with Gasteiger partial charge in [0.25, 0.3) is 22.2 Å². The van der Waals surface area contributed by atoms with Gasteiger partial charge in [-0.25, -0.2) is 39.1 Å². The predicted molar refractivity (Wildman–Crippen MR) is 383 cm³/mol. The second kappa shape index (κ2) is 38.4. The number of fused-ring (bicyclic) bond motifs is 4. The van der Waals surface area contributed by atoms with E-state index in [4.69, 9.17) is 13.6 Å². The van der Waals surface area contributed by atoms with Gasteiger partial charge in [0.1, 0.15) is 23.1 Å². The Bertz CT molecular complexity index is 4490. The Morgan fingerprint density at radius 3 is 1.24 bits per heavy atom. The van der Waals surface area contributed by atoms with Crippen LogP contribution in [0.4, 0.5) is 5.82 Å². The summed E-state index contributed by atoms with van der Waals surface area (Å²) in [5, 5.41) is 12.6. The first-order chi connectivity index (χ1) is 46.1. The monoisotopic (exact) mass is 1510 g/mol. The van der Waals surface area contributed by atoms with E-state index >= 15 is 0 Å². The second-order valence-electron chi connectivity index (χ2n) is 23.3. The molecule has 2 N–H and O–H groups in total. The van der Waals surface area contributed by atoms with Gasteiger partial charge in [-0.2, -0.15) is 0 Å². The molecule has 11 heterocycles. The zero-order chi connectivity index (χ0) is 70.0. The van der Waals surface area contributed by atoms with Crippen LogP contribution in [0.1, 0.15) is 158 Å². The van der Waals surface area contributed by atoms with E-state index in [9.17, 15) is 38.4 Å².